The topological polar surface area (TPSA) is 20.2 Å². The lowest BCUT2D eigenvalue weighted by Crippen LogP contribution is -1.95. The van der Waals surface area contributed by atoms with Gasteiger partial charge in [0.05, 0.1) is 6.10 Å². The van der Waals surface area contributed by atoms with Crippen molar-refractivity contribution in [1.29, 1.82) is 0 Å². The molecule has 0 amide bonds. The van der Waals surface area contributed by atoms with E-state index in [0.29, 0.717) is 6.42 Å². The van der Waals surface area contributed by atoms with Crippen LogP contribution in [0.25, 0.3) is 0 Å². The molecule has 0 aliphatic rings. The number of thioether (sulfide) groups is 2. The summed E-state index contributed by atoms with van der Waals surface area (Å²) >= 11 is 3.47. The van der Waals surface area contributed by atoms with E-state index in [1.165, 1.54) is 19.6 Å². The minimum Gasteiger partial charge on any atom is -0.388 e. The van der Waals surface area contributed by atoms with Gasteiger partial charge in [0.25, 0.3) is 0 Å². The fourth-order valence-corrected chi connectivity index (χ4v) is 4.60. The fraction of sp³-hybridized carbons (Fsp3) is 0.130. The third kappa shape index (κ3) is 5.80. The first-order chi connectivity index (χ1) is 12.7. The van der Waals surface area contributed by atoms with Crippen molar-refractivity contribution in [3.63, 3.8) is 0 Å². The minimum atomic E-state index is -0.488. The molecule has 1 nitrogen and oxygen atoms in total. The van der Waals surface area contributed by atoms with Crippen LogP contribution in [0.4, 0.5) is 0 Å². The maximum absolute atomic E-state index is 10.5. The molecule has 0 saturated carbocycles. The first-order valence-electron chi connectivity index (χ1n) is 8.61. The molecular weight excluding hydrogens is 356 g/mol. The molecule has 0 unspecified atom stereocenters. The van der Waals surface area contributed by atoms with Gasteiger partial charge in [-0.2, -0.15) is 0 Å². The van der Waals surface area contributed by atoms with E-state index in [4.69, 9.17) is 0 Å². The molecule has 132 valence electrons. The van der Waals surface area contributed by atoms with E-state index in [9.17, 15) is 5.11 Å². The molecule has 1 atom stereocenters. The Morgan fingerprint density at radius 1 is 0.808 bits per heavy atom. The van der Waals surface area contributed by atoms with Gasteiger partial charge in [0.2, 0.25) is 0 Å². The molecule has 0 aliphatic heterocycles. The molecule has 0 radical (unpaired) electrons. The van der Waals surface area contributed by atoms with Crippen LogP contribution in [-0.4, -0.2) is 5.11 Å². The van der Waals surface area contributed by atoms with Crippen molar-refractivity contribution in [3.8, 4) is 0 Å². The molecule has 0 spiro atoms. The molecule has 1 N–H and O–H groups in total. The summed E-state index contributed by atoms with van der Waals surface area (Å²) in [5.41, 5.74) is 2.16. The molecule has 0 saturated heterocycles. The monoisotopic (exact) mass is 378 g/mol. The van der Waals surface area contributed by atoms with Crippen molar-refractivity contribution >= 4 is 23.5 Å². The van der Waals surface area contributed by atoms with Crippen LogP contribution in [0.2, 0.25) is 0 Å². The smallest absolute Gasteiger partial charge is 0.0825 e. The van der Waals surface area contributed by atoms with Crippen LogP contribution in [0, 0.1) is 6.92 Å². The Balaban J connectivity index is 1.75. The van der Waals surface area contributed by atoms with Crippen LogP contribution < -0.4 is 0 Å². The number of aliphatic hydroxyl groups excluding tert-OH is 1. The summed E-state index contributed by atoms with van der Waals surface area (Å²) in [4.78, 5) is 2.40. The van der Waals surface area contributed by atoms with Crippen LogP contribution in [0.5, 0.6) is 0 Å². The van der Waals surface area contributed by atoms with Gasteiger partial charge in [-0.25, -0.2) is 0 Å². The third-order valence-corrected chi connectivity index (χ3v) is 6.14. The first-order valence-corrected chi connectivity index (χ1v) is 10.2. The number of hydrogen-bond donors (Lipinski definition) is 1. The van der Waals surface area contributed by atoms with E-state index >= 15 is 0 Å². The predicted octanol–water partition coefficient (Wildman–Crippen LogP) is 6.84. The van der Waals surface area contributed by atoms with Gasteiger partial charge in [0.15, 0.2) is 0 Å². The molecule has 0 heterocycles. The maximum atomic E-state index is 10.5. The third-order valence-electron chi connectivity index (χ3n) is 3.89. The molecule has 0 bridgehead atoms. The average molecular weight is 379 g/mol. The second-order valence-corrected chi connectivity index (χ2v) is 8.50. The van der Waals surface area contributed by atoms with Crippen molar-refractivity contribution in [3.05, 3.63) is 106 Å². The number of rotatable bonds is 7. The largest absolute Gasteiger partial charge is 0.388 e. The van der Waals surface area contributed by atoms with Crippen LogP contribution in [0.3, 0.4) is 0 Å². The second-order valence-electron chi connectivity index (χ2n) is 6.02. The van der Waals surface area contributed by atoms with Gasteiger partial charge in [0.1, 0.15) is 0 Å². The molecular formula is C23H22OS2. The Hall–Kier alpha value is -1.94. The SMILES string of the molecule is Cc1ccc([C@H](O)CC=C(Sc2ccccc2)Sc2ccccc2)cc1. The number of benzene rings is 3. The van der Waals surface area contributed by atoms with Gasteiger partial charge in [0, 0.05) is 14.0 Å². The number of aliphatic hydroxyl groups is 1. The van der Waals surface area contributed by atoms with E-state index in [1.54, 1.807) is 23.5 Å². The summed E-state index contributed by atoms with van der Waals surface area (Å²) in [6.45, 7) is 2.06. The lowest BCUT2D eigenvalue weighted by atomic mass is 10.1. The highest BCUT2D eigenvalue weighted by molar-refractivity contribution is 8.22. The summed E-state index contributed by atoms with van der Waals surface area (Å²) in [7, 11) is 0. The summed E-state index contributed by atoms with van der Waals surface area (Å²) in [5.74, 6) is 0. The average Bonchev–Trinajstić information content (AvgIpc) is 2.68. The van der Waals surface area contributed by atoms with Gasteiger partial charge in [-0.1, -0.05) is 95.8 Å². The summed E-state index contributed by atoms with van der Waals surface area (Å²) < 4.78 is 1.17. The molecule has 3 rings (SSSR count). The Morgan fingerprint density at radius 3 is 1.81 bits per heavy atom. The molecule has 0 aliphatic carbocycles. The minimum absolute atomic E-state index is 0.488. The zero-order valence-corrected chi connectivity index (χ0v) is 16.3. The van der Waals surface area contributed by atoms with Gasteiger partial charge in [-0.05, 0) is 43.2 Å². The van der Waals surface area contributed by atoms with E-state index in [1.807, 2.05) is 60.7 Å². The van der Waals surface area contributed by atoms with Gasteiger partial charge in [-0.3, -0.25) is 0 Å². The van der Waals surface area contributed by atoms with E-state index in [-0.39, 0.29) is 0 Å². The second kappa shape index (κ2) is 9.67. The summed E-state index contributed by atoms with van der Waals surface area (Å²) in [6, 6.07) is 28.8. The highest BCUT2D eigenvalue weighted by atomic mass is 32.2. The zero-order valence-electron chi connectivity index (χ0n) is 14.7. The lowest BCUT2D eigenvalue weighted by molar-refractivity contribution is 0.181. The van der Waals surface area contributed by atoms with Crippen molar-refractivity contribution in [2.24, 2.45) is 0 Å². The van der Waals surface area contributed by atoms with E-state index in [2.05, 4.69) is 37.3 Å². The van der Waals surface area contributed by atoms with Crippen LogP contribution in [0.1, 0.15) is 23.7 Å². The highest BCUT2D eigenvalue weighted by Gasteiger charge is 2.09. The lowest BCUT2D eigenvalue weighted by Gasteiger charge is -2.11. The van der Waals surface area contributed by atoms with Crippen molar-refractivity contribution < 1.29 is 5.11 Å². The van der Waals surface area contributed by atoms with Crippen molar-refractivity contribution in [2.75, 3.05) is 0 Å². The molecule has 0 fully saturated rings. The predicted molar refractivity (Wildman–Crippen MR) is 113 cm³/mol. The Morgan fingerprint density at radius 2 is 1.31 bits per heavy atom. The van der Waals surface area contributed by atoms with E-state index < -0.39 is 6.10 Å². The van der Waals surface area contributed by atoms with Crippen LogP contribution in [-0.2, 0) is 0 Å². The fourth-order valence-electron chi connectivity index (χ4n) is 2.45. The molecule has 3 aromatic rings. The standard InChI is InChI=1S/C23H22OS2/c1-18-12-14-19(15-13-18)22(24)16-17-23(25-20-8-4-2-5-9-20)26-21-10-6-3-7-11-21/h2-15,17,22,24H,16H2,1H3/t22-/m1/s1. The maximum Gasteiger partial charge on any atom is 0.0825 e. The zero-order chi connectivity index (χ0) is 18.2. The van der Waals surface area contributed by atoms with Crippen LogP contribution in [0.15, 0.2) is 105 Å². The Bertz CT molecular complexity index is 784. The summed E-state index contributed by atoms with van der Waals surface area (Å²) in [5, 5.41) is 10.5. The molecule has 3 aromatic carbocycles. The van der Waals surface area contributed by atoms with Crippen molar-refractivity contribution in [2.45, 2.75) is 29.2 Å². The quantitative estimate of drug-likeness (QED) is 0.454. The van der Waals surface area contributed by atoms with Gasteiger partial charge >= 0.3 is 0 Å². The highest BCUT2D eigenvalue weighted by Crippen LogP contribution is 2.39. The van der Waals surface area contributed by atoms with Crippen LogP contribution >= 0.6 is 23.5 Å². The van der Waals surface area contributed by atoms with Gasteiger partial charge in [-0.15, -0.1) is 0 Å². The Labute approximate surface area is 164 Å². The Kier molecular flexibility index (Phi) is 7.01. The summed E-state index contributed by atoms with van der Waals surface area (Å²) in [6.07, 6.45) is 2.25. The number of hydrogen-bond acceptors (Lipinski definition) is 3. The molecule has 0 aromatic heterocycles. The van der Waals surface area contributed by atoms with E-state index in [0.717, 1.165) is 5.56 Å². The number of aryl methyl sites for hydroxylation is 1. The normalized spacial score (nSPS) is 11.8. The first kappa shape index (κ1) is 18.8. The van der Waals surface area contributed by atoms with Gasteiger partial charge < -0.3 is 5.11 Å². The van der Waals surface area contributed by atoms with Crippen molar-refractivity contribution in [1.82, 2.24) is 0 Å². The molecule has 3 heteroatoms. The molecule has 26 heavy (non-hydrogen) atoms.